The molecule has 0 bridgehead atoms. The van der Waals surface area contributed by atoms with E-state index in [-0.39, 0.29) is 0 Å². The van der Waals surface area contributed by atoms with Crippen molar-refractivity contribution in [3.63, 3.8) is 0 Å². The summed E-state index contributed by atoms with van der Waals surface area (Å²) in [5.74, 6) is 2.24. The van der Waals surface area contributed by atoms with E-state index in [0.29, 0.717) is 5.88 Å². The van der Waals surface area contributed by atoms with E-state index in [1.165, 1.54) is 22.4 Å². The molecule has 130 valence electrons. The summed E-state index contributed by atoms with van der Waals surface area (Å²) in [4.78, 5) is 11.4. The molecule has 0 saturated carbocycles. The molecule has 25 heavy (non-hydrogen) atoms. The molecule has 0 aliphatic heterocycles. The minimum Gasteiger partial charge on any atom is -0.438 e. The Morgan fingerprint density at radius 3 is 2.84 bits per heavy atom. The smallest absolute Gasteiger partial charge is 0.231 e. The Labute approximate surface area is 151 Å². The maximum atomic E-state index is 6.13. The fourth-order valence-corrected chi connectivity index (χ4v) is 4.72. The summed E-state index contributed by atoms with van der Waals surface area (Å²) < 4.78 is 11.3. The van der Waals surface area contributed by atoms with Gasteiger partial charge < -0.3 is 9.47 Å². The largest absolute Gasteiger partial charge is 0.438 e. The average molecular weight is 354 g/mol. The lowest BCUT2D eigenvalue weighted by Gasteiger charge is -2.18. The zero-order valence-corrected chi connectivity index (χ0v) is 15.4. The van der Waals surface area contributed by atoms with Gasteiger partial charge in [0.05, 0.1) is 12.0 Å². The zero-order valence-electron chi connectivity index (χ0n) is 14.6. The maximum absolute atomic E-state index is 6.13. The number of fused-ring (bicyclic) bond motifs is 3. The third kappa shape index (κ3) is 3.39. The Kier molecular flexibility index (Phi) is 4.68. The molecule has 1 aliphatic rings. The van der Waals surface area contributed by atoms with E-state index < -0.39 is 0 Å². The number of benzene rings is 1. The first-order chi connectivity index (χ1) is 12.2. The molecule has 0 spiro atoms. The van der Waals surface area contributed by atoms with Crippen LogP contribution in [0.25, 0.3) is 10.2 Å². The van der Waals surface area contributed by atoms with Crippen molar-refractivity contribution in [2.24, 2.45) is 5.92 Å². The Morgan fingerprint density at radius 1 is 1.20 bits per heavy atom. The third-order valence-electron chi connectivity index (χ3n) is 4.79. The van der Waals surface area contributed by atoms with Gasteiger partial charge in [-0.25, -0.2) is 9.97 Å². The molecule has 0 amide bonds. The van der Waals surface area contributed by atoms with Crippen molar-refractivity contribution in [1.82, 2.24) is 9.97 Å². The van der Waals surface area contributed by atoms with Gasteiger partial charge in [0.15, 0.2) is 0 Å². The van der Waals surface area contributed by atoms with Crippen LogP contribution >= 0.6 is 11.3 Å². The number of aryl methyl sites for hydroxylation is 1. The van der Waals surface area contributed by atoms with Crippen LogP contribution < -0.4 is 4.74 Å². The molecule has 3 aromatic rings. The lowest BCUT2D eigenvalue weighted by atomic mass is 9.89. The van der Waals surface area contributed by atoms with Gasteiger partial charge in [-0.3, -0.25) is 0 Å². The Balaban J connectivity index is 1.63. The van der Waals surface area contributed by atoms with Crippen molar-refractivity contribution in [1.29, 1.82) is 0 Å². The molecule has 0 saturated heterocycles. The van der Waals surface area contributed by atoms with Crippen molar-refractivity contribution < 1.29 is 9.47 Å². The summed E-state index contributed by atoms with van der Waals surface area (Å²) in [7, 11) is 1.72. The standard InChI is InChI=1S/C20H22N2O2S/c1-13-3-8-16-17(11-13)25-20-18(16)19(21-12-22-20)24-15-6-4-14(5-7-15)9-10-23-2/h4-7,12-13H,3,8-11H2,1-2H3/t13-/m0/s1. The molecule has 4 nitrogen and oxygen atoms in total. The second-order valence-electron chi connectivity index (χ2n) is 6.70. The van der Waals surface area contributed by atoms with Crippen LogP contribution in [0.5, 0.6) is 11.6 Å². The number of thiophene rings is 1. The van der Waals surface area contributed by atoms with Crippen LogP contribution in [0.3, 0.4) is 0 Å². The van der Waals surface area contributed by atoms with E-state index >= 15 is 0 Å². The molecule has 1 aromatic carbocycles. The van der Waals surface area contributed by atoms with E-state index in [1.54, 1.807) is 24.8 Å². The number of rotatable bonds is 5. The van der Waals surface area contributed by atoms with Crippen molar-refractivity contribution in [2.75, 3.05) is 13.7 Å². The van der Waals surface area contributed by atoms with Crippen LogP contribution in [0.1, 0.15) is 29.3 Å². The molecule has 0 fully saturated rings. The number of hydrogen-bond donors (Lipinski definition) is 0. The minimum atomic E-state index is 0.682. The summed E-state index contributed by atoms with van der Waals surface area (Å²) in [5, 5.41) is 1.11. The van der Waals surface area contributed by atoms with Crippen LogP contribution in [-0.4, -0.2) is 23.7 Å². The molecule has 2 heterocycles. The SMILES string of the molecule is COCCc1ccc(Oc2ncnc3sc4c(c23)CC[C@H](C)C4)cc1. The average Bonchev–Trinajstić information content (AvgIpc) is 2.99. The van der Waals surface area contributed by atoms with Crippen LogP contribution in [0.2, 0.25) is 0 Å². The van der Waals surface area contributed by atoms with Gasteiger partial charge in [-0.15, -0.1) is 11.3 Å². The monoisotopic (exact) mass is 354 g/mol. The lowest BCUT2D eigenvalue weighted by Crippen LogP contribution is -2.08. The van der Waals surface area contributed by atoms with Gasteiger partial charge in [-0.1, -0.05) is 19.1 Å². The van der Waals surface area contributed by atoms with Crippen molar-refractivity contribution in [3.8, 4) is 11.6 Å². The summed E-state index contributed by atoms with van der Waals surface area (Å²) in [5.41, 5.74) is 2.63. The predicted molar refractivity (Wildman–Crippen MR) is 101 cm³/mol. The normalized spacial score (nSPS) is 16.8. The number of hydrogen-bond acceptors (Lipinski definition) is 5. The molecular formula is C20H22N2O2S. The van der Waals surface area contributed by atoms with Gasteiger partial charge in [0.1, 0.15) is 16.9 Å². The Bertz CT molecular complexity index is 873. The van der Waals surface area contributed by atoms with E-state index in [4.69, 9.17) is 9.47 Å². The van der Waals surface area contributed by atoms with Crippen LogP contribution in [-0.2, 0) is 24.0 Å². The maximum Gasteiger partial charge on any atom is 0.231 e. The molecule has 2 aromatic heterocycles. The highest BCUT2D eigenvalue weighted by atomic mass is 32.1. The first-order valence-corrected chi connectivity index (χ1v) is 9.57. The molecule has 4 rings (SSSR count). The van der Waals surface area contributed by atoms with Crippen LogP contribution in [0.15, 0.2) is 30.6 Å². The molecule has 0 unspecified atom stereocenters. The zero-order chi connectivity index (χ0) is 17.2. The minimum absolute atomic E-state index is 0.682. The highest BCUT2D eigenvalue weighted by molar-refractivity contribution is 7.18. The molecule has 5 heteroatoms. The lowest BCUT2D eigenvalue weighted by molar-refractivity contribution is 0.202. The highest BCUT2D eigenvalue weighted by Crippen LogP contribution is 2.41. The van der Waals surface area contributed by atoms with Crippen molar-refractivity contribution >= 4 is 21.6 Å². The van der Waals surface area contributed by atoms with Crippen molar-refractivity contribution in [3.05, 3.63) is 46.6 Å². The number of ether oxygens (including phenoxy) is 2. The quantitative estimate of drug-likeness (QED) is 0.660. The Hall–Kier alpha value is -1.98. The Morgan fingerprint density at radius 2 is 2.04 bits per heavy atom. The second-order valence-corrected chi connectivity index (χ2v) is 7.78. The third-order valence-corrected chi connectivity index (χ3v) is 5.95. The number of aromatic nitrogens is 2. The molecule has 0 N–H and O–H groups in total. The van der Waals surface area contributed by atoms with Gasteiger partial charge in [-0.2, -0.15) is 0 Å². The van der Waals surface area contributed by atoms with Crippen LogP contribution in [0, 0.1) is 5.92 Å². The summed E-state index contributed by atoms with van der Waals surface area (Å²) in [6, 6.07) is 8.16. The molecule has 1 aliphatic carbocycles. The summed E-state index contributed by atoms with van der Waals surface area (Å²) >= 11 is 1.79. The number of nitrogens with zero attached hydrogens (tertiary/aromatic N) is 2. The topological polar surface area (TPSA) is 44.2 Å². The van der Waals surface area contributed by atoms with Crippen molar-refractivity contribution in [2.45, 2.75) is 32.6 Å². The van der Waals surface area contributed by atoms with E-state index in [9.17, 15) is 0 Å². The molecular weight excluding hydrogens is 332 g/mol. The van der Waals surface area contributed by atoms with E-state index in [0.717, 1.165) is 47.8 Å². The van der Waals surface area contributed by atoms with Crippen LogP contribution in [0.4, 0.5) is 0 Å². The summed E-state index contributed by atoms with van der Waals surface area (Å²) in [6.07, 6.45) is 5.97. The van der Waals surface area contributed by atoms with E-state index in [1.807, 2.05) is 12.1 Å². The summed E-state index contributed by atoms with van der Waals surface area (Å²) in [6.45, 7) is 3.05. The van der Waals surface area contributed by atoms with Gasteiger partial charge in [0.25, 0.3) is 0 Å². The number of methoxy groups -OCH3 is 1. The first kappa shape index (κ1) is 16.5. The molecule has 0 radical (unpaired) electrons. The van der Waals surface area contributed by atoms with Gasteiger partial charge in [-0.05, 0) is 54.9 Å². The fourth-order valence-electron chi connectivity index (χ4n) is 3.38. The van der Waals surface area contributed by atoms with Gasteiger partial charge in [0, 0.05) is 12.0 Å². The first-order valence-electron chi connectivity index (χ1n) is 8.75. The van der Waals surface area contributed by atoms with Gasteiger partial charge >= 0.3 is 0 Å². The fraction of sp³-hybridized carbons (Fsp3) is 0.400. The van der Waals surface area contributed by atoms with E-state index in [2.05, 4.69) is 29.0 Å². The second kappa shape index (κ2) is 7.10. The highest BCUT2D eigenvalue weighted by Gasteiger charge is 2.23. The molecule has 1 atom stereocenters. The predicted octanol–water partition coefficient (Wildman–Crippen LogP) is 4.80. The van der Waals surface area contributed by atoms with Gasteiger partial charge in [0.2, 0.25) is 5.88 Å².